The standard InChI is InChI=1S/C29H36O6/c1-4-5-6-7-9-14-24-19-27(35-29(33)22(3)16-18-31)25(23-12-10-8-11-13-23)20-26(24)34-28(32)21(2)15-17-30/h8,10-13,19-20,30-31H,2-7,9,14-18H2,1H3. The molecule has 6 nitrogen and oxygen atoms in total. The van der Waals surface area contributed by atoms with E-state index in [1.807, 2.05) is 30.3 Å². The highest BCUT2D eigenvalue weighted by molar-refractivity contribution is 5.92. The number of carbonyl (C=O) groups is 2. The zero-order valence-corrected chi connectivity index (χ0v) is 20.6. The van der Waals surface area contributed by atoms with Crippen molar-refractivity contribution in [2.24, 2.45) is 0 Å². The van der Waals surface area contributed by atoms with Gasteiger partial charge in [0.25, 0.3) is 0 Å². The lowest BCUT2D eigenvalue weighted by Crippen LogP contribution is -2.14. The molecule has 6 heteroatoms. The van der Waals surface area contributed by atoms with Crippen molar-refractivity contribution in [3.63, 3.8) is 0 Å². The molecule has 2 aromatic carbocycles. The van der Waals surface area contributed by atoms with E-state index in [0.717, 1.165) is 43.2 Å². The van der Waals surface area contributed by atoms with Gasteiger partial charge >= 0.3 is 11.9 Å². The van der Waals surface area contributed by atoms with E-state index in [0.29, 0.717) is 23.5 Å². The third-order valence-corrected chi connectivity index (χ3v) is 5.61. The van der Waals surface area contributed by atoms with Gasteiger partial charge in [-0.3, -0.25) is 0 Å². The number of aryl methyl sites for hydroxylation is 1. The predicted molar refractivity (Wildman–Crippen MR) is 137 cm³/mol. The summed E-state index contributed by atoms with van der Waals surface area (Å²) in [6, 6.07) is 12.8. The highest BCUT2D eigenvalue weighted by Gasteiger charge is 2.20. The topological polar surface area (TPSA) is 93.1 Å². The van der Waals surface area contributed by atoms with E-state index in [1.165, 1.54) is 0 Å². The van der Waals surface area contributed by atoms with Crippen LogP contribution in [0.2, 0.25) is 0 Å². The number of esters is 2. The summed E-state index contributed by atoms with van der Waals surface area (Å²) >= 11 is 0. The average molecular weight is 481 g/mol. The summed E-state index contributed by atoms with van der Waals surface area (Å²) in [6.07, 6.45) is 6.20. The summed E-state index contributed by atoms with van der Waals surface area (Å²) < 4.78 is 11.4. The lowest BCUT2D eigenvalue weighted by Gasteiger charge is -2.17. The number of aliphatic hydroxyl groups excluding tert-OH is 2. The molecule has 0 bridgehead atoms. The van der Waals surface area contributed by atoms with Gasteiger partial charge in [-0.25, -0.2) is 9.59 Å². The van der Waals surface area contributed by atoms with Crippen molar-refractivity contribution in [2.75, 3.05) is 13.2 Å². The van der Waals surface area contributed by atoms with E-state index < -0.39 is 11.9 Å². The number of hydrogen-bond donors (Lipinski definition) is 2. The molecular formula is C29H36O6. The van der Waals surface area contributed by atoms with E-state index in [1.54, 1.807) is 12.1 Å². The fraction of sp³-hybridized carbons (Fsp3) is 0.379. The van der Waals surface area contributed by atoms with Crippen LogP contribution in [0.1, 0.15) is 57.4 Å². The highest BCUT2D eigenvalue weighted by atomic mass is 16.5. The molecule has 0 atom stereocenters. The predicted octanol–water partition coefficient (Wildman–Crippen LogP) is 5.55. The fourth-order valence-corrected chi connectivity index (χ4v) is 3.56. The Morgan fingerprint density at radius 3 is 1.94 bits per heavy atom. The van der Waals surface area contributed by atoms with Crippen LogP contribution in [0.3, 0.4) is 0 Å². The molecule has 188 valence electrons. The maximum Gasteiger partial charge on any atom is 0.338 e. The van der Waals surface area contributed by atoms with Gasteiger partial charge in [-0.15, -0.1) is 0 Å². The summed E-state index contributed by atoms with van der Waals surface area (Å²) in [6.45, 7) is 9.17. The van der Waals surface area contributed by atoms with Gasteiger partial charge in [0, 0.05) is 42.8 Å². The molecule has 0 saturated heterocycles. The molecule has 2 aromatic rings. The Balaban J connectivity index is 2.48. The molecule has 0 saturated carbocycles. The number of benzene rings is 2. The Morgan fingerprint density at radius 1 is 0.800 bits per heavy atom. The fourth-order valence-electron chi connectivity index (χ4n) is 3.56. The van der Waals surface area contributed by atoms with Crippen LogP contribution in [0.25, 0.3) is 11.1 Å². The third kappa shape index (κ3) is 8.81. The van der Waals surface area contributed by atoms with Crippen molar-refractivity contribution in [3.05, 3.63) is 72.3 Å². The van der Waals surface area contributed by atoms with Crippen LogP contribution in [0, 0.1) is 0 Å². The maximum absolute atomic E-state index is 12.6. The van der Waals surface area contributed by atoms with Crippen molar-refractivity contribution in [1.29, 1.82) is 0 Å². The quantitative estimate of drug-likeness (QED) is 0.150. The van der Waals surface area contributed by atoms with Gasteiger partial charge in [0.05, 0.1) is 0 Å². The van der Waals surface area contributed by atoms with Crippen LogP contribution in [0.5, 0.6) is 11.5 Å². The molecule has 2 N–H and O–H groups in total. The zero-order valence-electron chi connectivity index (χ0n) is 20.6. The second kappa shape index (κ2) is 14.9. The van der Waals surface area contributed by atoms with Crippen LogP contribution in [0.4, 0.5) is 0 Å². The SMILES string of the molecule is C=C(CCO)C(=O)Oc1cc(-c2ccccc2)c(OC(=O)C(=C)CCO)cc1CCCCCCC. The summed E-state index contributed by atoms with van der Waals surface area (Å²) in [7, 11) is 0. The molecule has 0 heterocycles. The highest BCUT2D eigenvalue weighted by Crippen LogP contribution is 2.38. The second-order valence-electron chi connectivity index (χ2n) is 8.42. The molecule has 2 rings (SSSR count). The molecule has 0 aliphatic heterocycles. The molecule has 0 spiro atoms. The monoisotopic (exact) mass is 480 g/mol. The number of hydrogen-bond acceptors (Lipinski definition) is 6. The average Bonchev–Trinajstić information content (AvgIpc) is 2.85. The number of rotatable bonds is 15. The Labute approximate surface area is 207 Å². The van der Waals surface area contributed by atoms with Crippen molar-refractivity contribution in [3.8, 4) is 22.6 Å². The van der Waals surface area contributed by atoms with E-state index in [-0.39, 0.29) is 37.2 Å². The van der Waals surface area contributed by atoms with E-state index >= 15 is 0 Å². The molecule has 35 heavy (non-hydrogen) atoms. The Hall–Kier alpha value is -3.22. The summed E-state index contributed by atoms with van der Waals surface area (Å²) in [5.74, 6) is -0.521. The lowest BCUT2D eigenvalue weighted by atomic mass is 9.98. The third-order valence-electron chi connectivity index (χ3n) is 5.61. The first-order valence-corrected chi connectivity index (χ1v) is 12.1. The lowest BCUT2D eigenvalue weighted by molar-refractivity contribution is -0.131. The molecule has 0 radical (unpaired) electrons. The van der Waals surface area contributed by atoms with Crippen LogP contribution in [-0.4, -0.2) is 35.4 Å². The minimum Gasteiger partial charge on any atom is -0.423 e. The minimum absolute atomic E-state index is 0.118. The van der Waals surface area contributed by atoms with Gasteiger partial charge in [0.15, 0.2) is 0 Å². The first-order valence-electron chi connectivity index (χ1n) is 12.1. The van der Waals surface area contributed by atoms with Crippen molar-refractivity contribution in [2.45, 2.75) is 58.3 Å². The second-order valence-corrected chi connectivity index (χ2v) is 8.42. The first-order chi connectivity index (χ1) is 16.9. The van der Waals surface area contributed by atoms with Crippen molar-refractivity contribution in [1.82, 2.24) is 0 Å². The Bertz CT molecular complexity index is 1010. The van der Waals surface area contributed by atoms with E-state index in [2.05, 4.69) is 20.1 Å². The van der Waals surface area contributed by atoms with Crippen LogP contribution >= 0.6 is 0 Å². The number of carbonyl (C=O) groups excluding carboxylic acids is 2. The maximum atomic E-state index is 12.6. The van der Waals surface area contributed by atoms with Crippen LogP contribution in [-0.2, 0) is 16.0 Å². The number of ether oxygens (including phenoxy) is 2. The normalized spacial score (nSPS) is 10.6. The van der Waals surface area contributed by atoms with Gasteiger partial charge in [0.2, 0.25) is 0 Å². The first kappa shape index (κ1) is 28.0. The smallest absolute Gasteiger partial charge is 0.338 e. The minimum atomic E-state index is -0.619. The summed E-state index contributed by atoms with van der Waals surface area (Å²) in [4.78, 5) is 25.2. The zero-order chi connectivity index (χ0) is 25.6. The van der Waals surface area contributed by atoms with Gasteiger partial charge < -0.3 is 19.7 Å². The summed E-state index contributed by atoms with van der Waals surface area (Å²) in [5.41, 5.74) is 2.45. The molecular weight excluding hydrogens is 444 g/mol. The van der Waals surface area contributed by atoms with Crippen molar-refractivity contribution < 1.29 is 29.3 Å². The molecule has 0 fully saturated rings. The largest absolute Gasteiger partial charge is 0.423 e. The van der Waals surface area contributed by atoms with Crippen molar-refractivity contribution >= 4 is 11.9 Å². The molecule has 0 aliphatic carbocycles. The van der Waals surface area contributed by atoms with E-state index in [9.17, 15) is 9.59 Å². The van der Waals surface area contributed by atoms with Gasteiger partial charge in [-0.2, -0.15) is 0 Å². The molecule has 0 amide bonds. The van der Waals surface area contributed by atoms with Gasteiger partial charge in [-0.1, -0.05) is 76.1 Å². The van der Waals surface area contributed by atoms with Gasteiger partial charge in [-0.05, 0) is 36.1 Å². The van der Waals surface area contributed by atoms with E-state index in [4.69, 9.17) is 19.7 Å². The molecule has 0 aromatic heterocycles. The Kier molecular flexibility index (Phi) is 11.9. The molecule has 0 unspecified atom stereocenters. The Morgan fingerprint density at radius 2 is 1.37 bits per heavy atom. The molecule has 0 aliphatic rings. The van der Waals surface area contributed by atoms with Crippen LogP contribution < -0.4 is 9.47 Å². The number of aliphatic hydroxyl groups is 2. The number of unbranched alkanes of at least 4 members (excludes halogenated alkanes) is 4. The van der Waals surface area contributed by atoms with Crippen LogP contribution in [0.15, 0.2) is 66.8 Å². The van der Waals surface area contributed by atoms with Gasteiger partial charge in [0.1, 0.15) is 11.5 Å². The summed E-state index contributed by atoms with van der Waals surface area (Å²) in [5, 5.41) is 18.3.